The third-order valence-electron chi connectivity index (χ3n) is 2.67. The van der Waals surface area contributed by atoms with Gasteiger partial charge in [0.2, 0.25) is 0 Å². The fraction of sp³-hybridized carbons (Fsp3) is 0.500. The summed E-state index contributed by atoms with van der Waals surface area (Å²) >= 11 is 0. The Balaban J connectivity index is 1.98. The number of carbonyl (C=O) groups is 1. The molecule has 0 radical (unpaired) electrons. The first kappa shape index (κ1) is 12.8. The lowest BCUT2D eigenvalue weighted by molar-refractivity contribution is -0.140. The molecule has 0 atom stereocenters. The fourth-order valence-electron chi connectivity index (χ4n) is 1.70. The van der Waals surface area contributed by atoms with Gasteiger partial charge >= 0.3 is 5.97 Å². The second-order valence-corrected chi connectivity index (χ2v) is 3.98. The molecule has 0 bridgehead atoms. The van der Waals surface area contributed by atoms with Crippen LogP contribution in [0.4, 0.5) is 0 Å². The number of aryl methyl sites for hydroxylation is 1. The summed E-state index contributed by atoms with van der Waals surface area (Å²) in [6.07, 6.45) is 6.14. The summed E-state index contributed by atoms with van der Waals surface area (Å²) in [4.78, 5) is 10.8. The van der Waals surface area contributed by atoms with Gasteiger partial charge in [-0.15, -0.1) is 0 Å². The minimum absolute atomic E-state index is 0.0944. The number of hydrogen-bond acceptors (Lipinski definition) is 2. The van der Waals surface area contributed by atoms with E-state index in [1.54, 1.807) is 0 Å². The molecule has 0 amide bonds. The Kier molecular flexibility index (Phi) is 6.31. The molecular weight excluding hydrogens is 200 g/mol. The Morgan fingerprint density at radius 2 is 1.75 bits per heavy atom. The predicted molar refractivity (Wildman–Crippen MR) is 65.2 cm³/mol. The van der Waals surface area contributed by atoms with E-state index in [1.165, 1.54) is 25.5 Å². The number of benzene rings is 1. The smallest absolute Gasteiger partial charge is 0.305 e. The standard InChI is InChI=1S/C14H20O2/c1-16-14(15)12-8-3-2-5-9-13-10-6-4-7-11-13/h4,6-7,10-11H,2-3,5,8-9,12H2,1H3. The lowest BCUT2D eigenvalue weighted by Gasteiger charge is -2.01. The molecule has 0 heterocycles. The molecule has 0 aliphatic heterocycles. The zero-order valence-corrected chi connectivity index (χ0v) is 9.95. The molecule has 16 heavy (non-hydrogen) atoms. The lowest BCUT2D eigenvalue weighted by atomic mass is 10.1. The second kappa shape index (κ2) is 7.91. The van der Waals surface area contributed by atoms with Crippen LogP contribution >= 0.6 is 0 Å². The molecule has 0 aliphatic rings. The first-order valence-electron chi connectivity index (χ1n) is 5.93. The number of carbonyl (C=O) groups excluding carboxylic acids is 1. The Bertz CT molecular complexity index is 293. The van der Waals surface area contributed by atoms with Crippen molar-refractivity contribution in [1.82, 2.24) is 0 Å². The Hall–Kier alpha value is -1.31. The summed E-state index contributed by atoms with van der Waals surface area (Å²) in [6.45, 7) is 0. The van der Waals surface area contributed by atoms with Gasteiger partial charge in [0.05, 0.1) is 7.11 Å². The van der Waals surface area contributed by atoms with Crippen LogP contribution in [0.3, 0.4) is 0 Å². The van der Waals surface area contributed by atoms with Crippen molar-refractivity contribution in [3.05, 3.63) is 35.9 Å². The minimum Gasteiger partial charge on any atom is -0.469 e. The summed E-state index contributed by atoms with van der Waals surface area (Å²) in [5.74, 6) is -0.0944. The number of ether oxygens (including phenoxy) is 1. The van der Waals surface area contributed by atoms with Crippen molar-refractivity contribution in [2.24, 2.45) is 0 Å². The highest BCUT2D eigenvalue weighted by molar-refractivity contribution is 5.68. The maximum atomic E-state index is 10.8. The number of hydrogen-bond donors (Lipinski definition) is 0. The Labute approximate surface area is 97.6 Å². The molecule has 0 fully saturated rings. The zero-order valence-electron chi connectivity index (χ0n) is 9.95. The largest absolute Gasteiger partial charge is 0.469 e. The molecule has 0 unspecified atom stereocenters. The van der Waals surface area contributed by atoms with E-state index < -0.39 is 0 Å². The summed E-state index contributed by atoms with van der Waals surface area (Å²) in [6, 6.07) is 10.5. The van der Waals surface area contributed by atoms with Crippen LogP contribution in [-0.2, 0) is 16.0 Å². The van der Waals surface area contributed by atoms with E-state index in [1.807, 2.05) is 6.07 Å². The van der Waals surface area contributed by atoms with Gasteiger partial charge in [-0.1, -0.05) is 43.2 Å². The molecule has 1 aromatic carbocycles. The van der Waals surface area contributed by atoms with E-state index in [2.05, 4.69) is 29.0 Å². The lowest BCUT2D eigenvalue weighted by Crippen LogP contribution is -1.99. The predicted octanol–water partition coefficient (Wildman–Crippen LogP) is 3.35. The van der Waals surface area contributed by atoms with Crippen LogP contribution in [0.15, 0.2) is 30.3 Å². The summed E-state index contributed by atoms with van der Waals surface area (Å²) in [5.41, 5.74) is 1.40. The average molecular weight is 220 g/mol. The molecular formula is C14H20O2. The van der Waals surface area contributed by atoms with Crippen LogP contribution in [0.1, 0.15) is 37.7 Å². The summed E-state index contributed by atoms with van der Waals surface area (Å²) in [5, 5.41) is 0. The highest BCUT2D eigenvalue weighted by Gasteiger charge is 1.99. The number of esters is 1. The first-order chi connectivity index (χ1) is 7.83. The van der Waals surface area contributed by atoms with Crippen LogP contribution in [0.5, 0.6) is 0 Å². The van der Waals surface area contributed by atoms with E-state index in [9.17, 15) is 4.79 Å². The average Bonchev–Trinajstić information content (AvgIpc) is 2.34. The molecule has 88 valence electrons. The van der Waals surface area contributed by atoms with Crippen molar-refractivity contribution in [3.63, 3.8) is 0 Å². The molecule has 0 aromatic heterocycles. The monoisotopic (exact) mass is 220 g/mol. The number of rotatable bonds is 7. The van der Waals surface area contributed by atoms with Gasteiger partial charge in [0, 0.05) is 6.42 Å². The summed E-state index contributed by atoms with van der Waals surface area (Å²) < 4.78 is 4.59. The van der Waals surface area contributed by atoms with E-state index in [0.717, 1.165) is 19.3 Å². The van der Waals surface area contributed by atoms with E-state index in [0.29, 0.717) is 6.42 Å². The first-order valence-corrected chi connectivity index (χ1v) is 5.93. The van der Waals surface area contributed by atoms with Gasteiger partial charge in [0.1, 0.15) is 0 Å². The molecule has 0 saturated heterocycles. The van der Waals surface area contributed by atoms with Gasteiger partial charge in [-0.25, -0.2) is 0 Å². The third kappa shape index (κ3) is 5.54. The maximum absolute atomic E-state index is 10.8. The molecule has 2 nitrogen and oxygen atoms in total. The molecule has 0 spiro atoms. The van der Waals surface area contributed by atoms with Gasteiger partial charge in [-0.2, -0.15) is 0 Å². The highest BCUT2D eigenvalue weighted by Crippen LogP contribution is 2.08. The Morgan fingerprint density at radius 3 is 2.44 bits per heavy atom. The van der Waals surface area contributed by atoms with Crippen LogP contribution in [0.2, 0.25) is 0 Å². The van der Waals surface area contributed by atoms with Gasteiger partial charge in [0.15, 0.2) is 0 Å². The SMILES string of the molecule is COC(=O)CCCCCCc1ccccc1. The maximum Gasteiger partial charge on any atom is 0.305 e. The second-order valence-electron chi connectivity index (χ2n) is 3.98. The van der Waals surface area contributed by atoms with Gasteiger partial charge in [-0.3, -0.25) is 4.79 Å². The molecule has 0 N–H and O–H groups in total. The number of unbranched alkanes of at least 4 members (excludes halogenated alkanes) is 3. The van der Waals surface area contributed by atoms with Crippen LogP contribution < -0.4 is 0 Å². The van der Waals surface area contributed by atoms with Crippen LogP contribution in [0, 0.1) is 0 Å². The third-order valence-corrected chi connectivity index (χ3v) is 2.67. The fourth-order valence-corrected chi connectivity index (χ4v) is 1.70. The van der Waals surface area contributed by atoms with Crippen LogP contribution in [0.25, 0.3) is 0 Å². The van der Waals surface area contributed by atoms with Gasteiger partial charge in [-0.05, 0) is 24.8 Å². The molecule has 1 rings (SSSR count). The zero-order chi connectivity index (χ0) is 11.6. The van der Waals surface area contributed by atoms with Crippen molar-refractivity contribution < 1.29 is 9.53 Å². The molecule has 0 saturated carbocycles. The molecule has 0 aliphatic carbocycles. The van der Waals surface area contributed by atoms with Crippen molar-refractivity contribution in [2.45, 2.75) is 38.5 Å². The van der Waals surface area contributed by atoms with Crippen molar-refractivity contribution >= 4 is 5.97 Å². The van der Waals surface area contributed by atoms with Crippen molar-refractivity contribution in [3.8, 4) is 0 Å². The van der Waals surface area contributed by atoms with Crippen molar-refractivity contribution in [1.29, 1.82) is 0 Å². The highest BCUT2D eigenvalue weighted by atomic mass is 16.5. The van der Waals surface area contributed by atoms with Gasteiger partial charge < -0.3 is 4.74 Å². The van der Waals surface area contributed by atoms with E-state index >= 15 is 0 Å². The molecule has 1 aromatic rings. The van der Waals surface area contributed by atoms with Gasteiger partial charge in [0.25, 0.3) is 0 Å². The summed E-state index contributed by atoms with van der Waals surface area (Å²) in [7, 11) is 1.44. The van der Waals surface area contributed by atoms with Crippen LogP contribution in [-0.4, -0.2) is 13.1 Å². The Morgan fingerprint density at radius 1 is 1.06 bits per heavy atom. The quantitative estimate of drug-likeness (QED) is 0.520. The topological polar surface area (TPSA) is 26.3 Å². The van der Waals surface area contributed by atoms with Crippen molar-refractivity contribution in [2.75, 3.05) is 7.11 Å². The van der Waals surface area contributed by atoms with E-state index in [-0.39, 0.29) is 5.97 Å². The molecule has 2 heteroatoms. The normalized spacial score (nSPS) is 10.1. The number of methoxy groups -OCH3 is 1. The van der Waals surface area contributed by atoms with E-state index in [4.69, 9.17) is 0 Å². The minimum atomic E-state index is -0.0944.